The number of anilines is 1. The van der Waals surface area contributed by atoms with Gasteiger partial charge in [0.15, 0.2) is 0 Å². The maximum Gasteiger partial charge on any atom is 0.416 e. The third-order valence-electron chi connectivity index (χ3n) is 4.07. The van der Waals surface area contributed by atoms with Gasteiger partial charge in [-0.2, -0.15) is 18.2 Å². The van der Waals surface area contributed by atoms with Gasteiger partial charge in [0.25, 0.3) is 11.8 Å². The SMILES string of the molecule is CC1=C(C)C(=O)N(Nc2cccc(-c3cccc(C(F)(F)F)c3)n2)C1=O. The minimum atomic E-state index is -4.46. The van der Waals surface area contributed by atoms with Gasteiger partial charge < -0.3 is 0 Å². The first-order valence-electron chi connectivity index (χ1n) is 7.66. The molecule has 1 aromatic carbocycles. The van der Waals surface area contributed by atoms with Crippen LogP contribution in [-0.2, 0) is 15.8 Å². The number of imide groups is 1. The van der Waals surface area contributed by atoms with Gasteiger partial charge in [-0.1, -0.05) is 18.2 Å². The van der Waals surface area contributed by atoms with Crippen LogP contribution in [0.4, 0.5) is 19.0 Å². The quantitative estimate of drug-likeness (QED) is 0.845. The number of carbonyl (C=O) groups excluding carboxylic acids is 2. The van der Waals surface area contributed by atoms with E-state index in [2.05, 4.69) is 10.4 Å². The van der Waals surface area contributed by atoms with E-state index >= 15 is 0 Å². The lowest BCUT2D eigenvalue weighted by Crippen LogP contribution is -2.37. The van der Waals surface area contributed by atoms with E-state index < -0.39 is 23.6 Å². The largest absolute Gasteiger partial charge is 0.416 e. The number of pyridine rings is 1. The lowest BCUT2D eigenvalue weighted by atomic mass is 10.1. The zero-order valence-electron chi connectivity index (χ0n) is 13.9. The molecule has 1 aliphatic heterocycles. The van der Waals surface area contributed by atoms with E-state index in [1.165, 1.54) is 18.2 Å². The number of benzene rings is 1. The van der Waals surface area contributed by atoms with Crippen molar-refractivity contribution in [3.8, 4) is 11.3 Å². The lowest BCUT2D eigenvalue weighted by molar-refractivity contribution is -0.138. The molecule has 5 nitrogen and oxygen atoms in total. The van der Waals surface area contributed by atoms with Crippen LogP contribution in [0.25, 0.3) is 11.3 Å². The normalized spacial score (nSPS) is 15.0. The number of halogens is 3. The number of hydrogen-bond acceptors (Lipinski definition) is 4. The maximum atomic E-state index is 12.9. The van der Waals surface area contributed by atoms with Gasteiger partial charge in [-0.3, -0.25) is 15.0 Å². The van der Waals surface area contributed by atoms with Gasteiger partial charge in [-0.25, -0.2) is 4.98 Å². The van der Waals surface area contributed by atoms with Crippen LogP contribution < -0.4 is 5.43 Å². The molecule has 0 fully saturated rings. The summed E-state index contributed by atoms with van der Waals surface area (Å²) in [4.78, 5) is 28.4. The van der Waals surface area contributed by atoms with Crippen LogP contribution in [-0.4, -0.2) is 21.8 Å². The van der Waals surface area contributed by atoms with Crippen molar-refractivity contribution < 1.29 is 22.8 Å². The Morgan fingerprint density at radius 1 is 0.962 bits per heavy atom. The molecule has 26 heavy (non-hydrogen) atoms. The number of hydrazine groups is 1. The second kappa shape index (κ2) is 6.29. The highest BCUT2D eigenvalue weighted by Gasteiger charge is 2.34. The number of nitrogens with zero attached hydrogens (tertiary/aromatic N) is 2. The molecule has 1 N–H and O–H groups in total. The zero-order chi connectivity index (χ0) is 19.1. The van der Waals surface area contributed by atoms with E-state index in [0.29, 0.717) is 11.1 Å². The molecule has 3 rings (SSSR count). The Labute approximate surface area is 147 Å². The molecule has 8 heteroatoms. The first kappa shape index (κ1) is 17.7. The smallest absolute Gasteiger partial charge is 0.271 e. The summed E-state index contributed by atoms with van der Waals surface area (Å²) in [5, 5.41) is 0.836. The van der Waals surface area contributed by atoms with Crippen LogP contribution in [0.5, 0.6) is 0 Å². The van der Waals surface area contributed by atoms with Gasteiger partial charge in [-0.05, 0) is 38.1 Å². The Morgan fingerprint density at radius 3 is 2.19 bits per heavy atom. The Morgan fingerprint density at radius 2 is 1.58 bits per heavy atom. The molecule has 0 aliphatic carbocycles. The van der Waals surface area contributed by atoms with Crippen molar-refractivity contribution in [3.63, 3.8) is 0 Å². The summed E-state index contributed by atoms with van der Waals surface area (Å²) in [7, 11) is 0. The van der Waals surface area contributed by atoms with Gasteiger partial charge in [0.2, 0.25) is 0 Å². The van der Waals surface area contributed by atoms with Gasteiger partial charge in [-0.15, -0.1) is 0 Å². The zero-order valence-corrected chi connectivity index (χ0v) is 13.9. The third kappa shape index (κ3) is 3.17. The van der Waals surface area contributed by atoms with Crippen molar-refractivity contribution >= 4 is 17.6 Å². The molecular formula is C18H14F3N3O2. The molecule has 0 unspecified atom stereocenters. The molecule has 2 aromatic rings. The van der Waals surface area contributed by atoms with Gasteiger partial charge in [0, 0.05) is 16.7 Å². The average molecular weight is 361 g/mol. The molecule has 0 bridgehead atoms. The number of aromatic nitrogens is 1. The highest BCUT2D eigenvalue weighted by molar-refractivity contribution is 6.19. The number of carbonyl (C=O) groups is 2. The van der Waals surface area contributed by atoms with Crippen LogP contribution >= 0.6 is 0 Å². The van der Waals surface area contributed by atoms with Gasteiger partial charge >= 0.3 is 6.18 Å². The molecule has 2 amide bonds. The molecule has 1 aliphatic rings. The number of nitrogens with one attached hydrogen (secondary N) is 1. The van der Waals surface area contributed by atoms with Gasteiger partial charge in [0.1, 0.15) is 5.82 Å². The molecule has 1 aromatic heterocycles. The summed E-state index contributed by atoms with van der Waals surface area (Å²) in [5.74, 6) is -0.804. The summed E-state index contributed by atoms with van der Waals surface area (Å²) in [6.07, 6.45) is -4.46. The highest BCUT2D eigenvalue weighted by atomic mass is 19.4. The Balaban J connectivity index is 1.89. The first-order valence-corrected chi connectivity index (χ1v) is 7.66. The fourth-order valence-corrected chi connectivity index (χ4v) is 2.48. The second-order valence-electron chi connectivity index (χ2n) is 5.79. The Bertz CT molecular complexity index is 911. The first-order chi connectivity index (χ1) is 12.2. The van der Waals surface area contributed by atoms with E-state index in [0.717, 1.165) is 17.1 Å². The van der Waals surface area contributed by atoms with Crippen molar-refractivity contribution in [2.45, 2.75) is 20.0 Å². The summed E-state index contributed by atoms with van der Waals surface area (Å²) in [6, 6.07) is 9.40. The van der Waals surface area contributed by atoms with Crippen LogP contribution in [0.15, 0.2) is 53.6 Å². The standard InChI is InChI=1S/C18H14F3N3O2/c1-10-11(2)17(26)24(16(10)25)23-15-8-4-7-14(22-15)12-5-3-6-13(9-12)18(19,20)21/h3-9H,1-2H3,(H,22,23). The maximum absolute atomic E-state index is 12.9. The topological polar surface area (TPSA) is 62.3 Å². The Kier molecular flexibility index (Phi) is 4.27. The van der Waals surface area contributed by atoms with Gasteiger partial charge in [0.05, 0.1) is 11.3 Å². The third-order valence-corrected chi connectivity index (χ3v) is 4.07. The number of amides is 2. The summed E-state index contributed by atoms with van der Waals surface area (Å²) in [6.45, 7) is 3.09. The van der Waals surface area contributed by atoms with Crippen LogP contribution in [0.2, 0.25) is 0 Å². The minimum Gasteiger partial charge on any atom is -0.271 e. The molecule has 0 spiro atoms. The predicted octanol–water partition coefficient (Wildman–Crippen LogP) is 3.80. The van der Waals surface area contributed by atoms with E-state index in [-0.39, 0.29) is 17.1 Å². The molecule has 0 saturated carbocycles. The van der Waals surface area contributed by atoms with E-state index in [1.807, 2.05) is 0 Å². The van der Waals surface area contributed by atoms with Crippen molar-refractivity contribution in [1.82, 2.24) is 9.99 Å². The predicted molar refractivity (Wildman–Crippen MR) is 88.5 cm³/mol. The van der Waals surface area contributed by atoms with Crippen molar-refractivity contribution in [2.24, 2.45) is 0 Å². The fraction of sp³-hybridized carbons (Fsp3) is 0.167. The van der Waals surface area contributed by atoms with Crippen LogP contribution in [0.1, 0.15) is 19.4 Å². The summed E-state index contributed by atoms with van der Waals surface area (Å²) in [5.41, 5.74) is 3.04. The molecule has 0 saturated heterocycles. The number of hydrogen-bond donors (Lipinski definition) is 1. The van der Waals surface area contributed by atoms with Crippen LogP contribution in [0, 0.1) is 0 Å². The highest BCUT2D eigenvalue weighted by Crippen LogP contribution is 2.32. The lowest BCUT2D eigenvalue weighted by Gasteiger charge is -2.17. The van der Waals surface area contributed by atoms with Crippen LogP contribution in [0.3, 0.4) is 0 Å². The number of rotatable bonds is 3. The van der Waals surface area contributed by atoms with E-state index in [1.54, 1.807) is 26.0 Å². The van der Waals surface area contributed by atoms with Crippen molar-refractivity contribution in [2.75, 3.05) is 5.43 Å². The minimum absolute atomic E-state index is 0.170. The van der Waals surface area contributed by atoms with Crippen molar-refractivity contribution in [1.29, 1.82) is 0 Å². The summed E-state index contributed by atoms with van der Waals surface area (Å²) >= 11 is 0. The fourth-order valence-electron chi connectivity index (χ4n) is 2.48. The second-order valence-corrected chi connectivity index (χ2v) is 5.79. The Hall–Kier alpha value is -3.16. The number of alkyl halides is 3. The average Bonchev–Trinajstić information content (AvgIpc) is 2.79. The monoisotopic (exact) mass is 361 g/mol. The van der Waals surface area contributed by atoms with Crippen molar-refractivity contribution in [3.05, 3.63) is 59.2 Å². The molecule has 2 heterocycles. The van der Waals surface area contributed by atoms with E-state index in [9.17, 15) is 22.8 Å². The molecule has 0 atom stereocenters. The summed E-state index contributed by atoms with van der Waals surface area (Å²) < 4.78 is 38.6. The molecule has 0 radical (unpaired) electrons. The molecular weight excluding hydrogens is 347 g/mol. The molecule has 134 valence electrons. The van der Waals surface area contributed by atoms with E-state index in [4.69, 9.17) is 0 Å².